The van der Waals surface area contributed by atoms with Gasteiger partial charge in [0.1, 0.15) is 0 Å². The predicted molar refractivity (Wildman–Crippen MR) is 126 cm³/mol. The number of rotatable bonds is 16. The Morgan fingerprint density at radius 1 is 0.667 bits per heavy atom. The molecule has 0 saturated heterocycles. The van der Waals surface area contributed by atoms with Crippen molar-refractivity contribution in [3.63, 3.8) is 0 Å². The van der Waals surface area contributed by atoms with Gasteiger partial charge in [-0.25, -0.2) is 0 Å². The molecule has 0 aliphatic carbocycles. The van der Waals surface area contributed by atoms with E-state index in [1.807, 2.05) is 0 Å². The summed E-state index contributed by atoms with van der Waals surface area (Å²) in [7, 11) is 5.16. The van der Waals surface area contributed by atoms with Crippen LogP contribution in [-0.2, 0) is 11.2 Å². The first-order chi connectivity index (χ1) is 14.5. The van der Waals surface area contributed by atoms with Gasteiger partial charge in [0, 0.05) is 13.7 Å². The number of allylic oxidation sites excluding steroid dienone is 2. The van der Waals surface area contributed by atoms with Gasteiger partial charge in [-0.2, -0.15) is 0 Å². The maximum absolute atomic E-state index is 6.24. The van der Waals surface area contributed by atoms with Gasteiger partial charge in [-0.1, -0.05) is 50.2 Å². The van der Waals surface area contributed by atoms with Crippen molar-refractivity contribution in [3.05, 3.63) is 28.3 Å². The van der Waals surface area contributed by atoms with Crippen LogP contribution in [0.15, 0.2) is 11.6 Å². The minimum absolute atomic E-state index is 0.708. The third-order valence-electron chi connectivity index (χ3n) is 5.61. The SMILES string of the molecule is COCCCCCCCCCCOc1c(C)c(CC=C(C)C)c(C)c(OC)c1OC. The molecule has 0 spiro atoms. The Morgan fingerprint density at radius 3 is 1.67 bits per heavy atom. The van der Waals surface area contributed by atoms with E-state index in [0.29, 0.717) is 12.4 Å². The van der Waals surface area contributed by atoms with Gasteiger partial charge in [0.2, 0.25) is 5.75 Å². The Labute approximate surface area is 184 Å². The van der Waals surface area contributed by atoms with E-state index in [9.17, 15) is 0 Å². The first-order valence-electron chi connectivity index (χ1n) is 11.5. The van der Waals surface area contributed by atoms with Crippen molar-refractivity contribution in [1.82, 2.24) is 0 Å². The van der Waals surface area contributed by atoms with Crippen molar-refractivity contribution in [2.45, 2.75) is 85.5 Å². The Hall–Kier alpha value is -1.68. The fourth-order valence-corrected chi connectivity index (χ4v) is 3.80. The quantitative estimate of drug-likeness (QED) is 0.214. The minimum atomic E-state index is 0.708. The van der Waals surface area contributed by atoms with E-state index in [2.05, 4.69) is 33.8 Å². The van der Waals surface area contributed by atoms with E-state index >= 15 is 0 Å². The van der Waals surface area contributed by atoms with Gasteiger partial charge in [0.15, 0.2) is 11.5 Å². The summed E-state index contributed by atoms with van der Waals surface area (Å²) in [4.78, 5) is 0. The molecule has 0 amide bonds. The summed E-state index contributed by atoms with van der Waals surface area (Å²) < 4.78 is 22.7. The zero-order valence-corrected chi connectivity index (χ0v) is 20.5. The molecule has 4 heteroatoms. The summed E-state index contributed by atoms with van der Waals surface area (Å²) in [5.74, 6) is 2.32. The summed E-state index contributed by atoms with van der Waals surface area (Å²) >= 11 is 0. The fourth-order valence-electron chi connectivity index (χ4n) is 3.80. The van der Waals surface area contributed by atoms with Crippen LogP contribution in [0.4, 0.5) is 0 Å². The van der Waals surface area contributed by atoms with Gasteiger partial charge < -0.3 is 18.9 Å². The Kier molecular flexibility index (Phi) is 13.3. The third-order valence-corrected chi connectivity index (χ3v) is 5.61. The number of unbranched alkanes of at least 4 members (excludes halogenated alkanes) is 7. The first kappa shape index (κ1) is 26.4. The van der Waals surface area contributed by atoms with Crippen LogP contribution in [0.1, 0.15) is 81.9 Å². The molecule has 1 rings (SSSR count). The summed E-state index contributed by atoms with van der Waals surface area (Å²) in [6.45, 7) is 10.1. The lowest BCUT2D eigenvalue weighted by molar-refractivity contribution is 0.192. The average molecular weight is 421 g/mol. The van der Waals surface area contributed by atoms with E-state index in [1.165, 1.54) is 56.1 Å². The Balaban J connectivity index is 2.62. The summed E-state index contributed by atoms with van der Waals surface area (Å²) in [6.07, 6.45) is 13.1. The second-order valence-corrected chi connectivity index (χ2v) is 8.28. The number of methoxy groups -OCH3 is 3. The average Bonchev–Trinajstić information content (AvgIpc) is 2.72. The lowest BCUT2D eigenvalue weighted by Crippen LogP contribution is -2.07. The van der Waals surface area contributed by atoms with Crippen molar-refractivity contribution in [2.75, 3.05) is 34.5 Å². The van der Waals surface area contributed by atoms with Crippen LogP contribution in [0.25, 0.3) is 0 Å². The molecule has 0 radical (unpaired) electrons. The van der Waals surface area contributed by atoms with E-state index in [1.54, 1.807) is 21.3 Å². The molecule has 30 heavy (non-hydrogen) atoms. The van der Waals surface area contributed by atoms with Crippen molar-refractivity contribution >= 4 is 0 Å². The standard InChI is InChI=1S/C26H44O4/c1-20(2)16-17-23-21(3)24(28-6)26(29-7)25(22(23)4)30-19-15-13-11-9-8-10-12-14-18-27-5/h16H,8-15,17-19H2,1-7H3. The Bertz CT molecular complexity index is 645. The Morgan fingerprint density at radius 2 is 1.17 bits per heavy atom. The van der Waals surface area contributed by atoms with Crippen LogP contribution in [0.3, 0.4) is 0 Å². The highest BCUT2D eigenvalue weighted by Crippen LogP contribution is 2.45. The van der Waals surface area contributed by atoms with E-state index in [0.717, 1.165) is 42.1 Å². The predicted octanol–water partition coefficient (Wildman–Crippen LogP) is 6.98. The normalized spacial score (nSPS) is 10.8. The fraction of sp³-hybridized carbons (Fsp3) is 0.692. The zero-order chi connectivity index (χ0) is 22.4. The molecule has 0 aliphatic rings. The van der Waals surface area contributed by atoms with Crippen molar-refractivity contribution < 1.29 is 18.9 Å². The van der Waals surface area contributed by atoms with Gasteiger partial charge in [0.05, 0.1) is 20.8 Å². The van der Waals surface area contributed by atoms with Gasteiger partial charge in [-0.15, -0.1) is 0 Å². The van der Waals surface area contributed by atoms with Crippen LogP contribution >= 0.6 is 0 Å². The largest absolute Gasteiger partial charge is 0.492 e. The summed E-state index contributed by atoms with van der Waals surface area (Å²) in [5.41, 5.74) is 4.85. The number of hydrogen-bond donors (Lipinski definition) is 0. The molecule has 1 aromatic carbocycles. The van der Waals surface area contributed by atoms with E-state index in [-0.39, 0.29) is 0 Å². The molecular formula is C26H44O4. The molecule has 0 aliphatic heterocycles. The van der Waals surface area contributed by atoms with Crippen LogP contribution in [0, 0.1) is 13.8 Å². The monoisotopic (exact) mass is 420 g/mol. The molecular weight excluding hydrogens is 376 g/mol. The molecule has 0 fully saturated rings. The second kappa shape index (κ2) is 15.2. The number of benzene rings is 1. The van der Waals surface area contributed by atoms with Crippen molar-refractivity contribution in [3.8, 4) is 17.2 Å². The molecule has 1 aromatic rings. The van der Waals surface area contributed by atoms with Gasteiger partial charge in [0.25, 0.3) is 0 Å². The highest BCUT2D eigenvalue weighted by Gasteiger charge is 2.22. The smallest absolute Gasteiger partial charge is 0.203 e. The topological polar surface area (TPSA) is 36.9 Å². The molecule has 0 heterocycles. The molecule has 4 nitrogen and oxygen atoms in total. The van der Waals surface area contributed by atoms with Crippen LogP contribution in [0.2, 0.25) is 0 Å². The van der Waals surface area contributed by atoms with Gasteiger partial charge in [-0.05, 0) is 63.6 Å². The van der Waals surface area contributed by atoms with Crippen LogP contribution in [-0.4, -0.2) is 34.5 Å². The molecule has 0 bridgehead atoms. The summed E-state index contributed by atoms with van der Waals surface area (Å²) in [6, 6.07) is 0. The molecule has 0 atom stereocenters. The van der Waals surface area contributed by atoms with E-state index < -0.39 is 0 Å². The summed E-state index contributed by atoms with van der Waals surface area (Å²) in [5, 5.41) is 0. The minimum Gasteiger partial charge on any atom is -0.492 e. The third kappa shape index (κ3) is 8.59. The molecule has 0 unspecified atom stereocenters. The second-order valence-electron chi connectivity index (χ2n) is 8.28. The van der Waals surface area contributed by atoms with Gasteiger partial charge >= 0.3 is 0 Å². The van der Waals surface area contributed by atoms with Crippen molar-refractivity contribution in [2.24, 2.45) is 0 Å². The number of hydrogen-bond acceptors (Lipinski definition) is 4. The highest BCUT2D eigenvalue weighted by atomic mass is 16.5. The molecule has 0 aromatic heterocycles. The first-order valence-corrected chi connectivity index (χ1v) is 11.5. The lowest BCUT2D eigenvalue weighted by atomic mass is 9.96. The zero-order valence-electron chi connectivity index (χ0n) is 20.5. The highest BCUT2D eigenvalue weighted by molar-refractivity contribution is 5.63. The van der Waals surface area contributed by atoms with E-state index in [4.69, 9.17) is 18.9 Å². The maximum Gasteiger partial charge on any atom is 0.203 e. The molecule has 172 valence electrons. The maximum atomic E-state index is 6.24. The number of ether oxygens (including phenoxy) is 4. The van der Waals surface area contributed by atoms with Crippen molar-refractivity contribution in [1.29, 1.82) is 0 Å². The lowest BCUT2D eigenvalue weighted by Gasteiger charge is -2.21. The van der Waals surface area contributed by atoms with Gasteiger partial charge in [-0.3, -0.25) is 0 Å². The molecule has 0 N–H and O–H groups in total. The van der Waals surface area contributed by atoms with Crippen LogP contribution in [0.5, 0.6) is 17.2 Å². The van der Waals surface area contributed by atoms with Crippen LogP contribution < -0.4 is 14.2 Å². The molecule has 0 saturated carbocycles.